The minimum Gasteiger partial charge on any atom is -0.478 e. The summed E-state index contributed by atoms with van der Waals surface area (Å²) < 4.78 is 0. The third-order valence-corrected chi connectivity index (χ3v) is 7.62. The van der Waals surface area contributed by atoms with Crippen LogP contribution in [0, 0.1) is 22.7 Å². The molecule has 0 saturated heterocycles. The molecule has 6 nitrogen and oxygen atoms in total. The summed E-state index contributed by atoms with van der Waals surface area (Å²) in [5.41, 5.74) is 3.57. The number of carboxylic acids is 1. The number of benzene rings is 2. The van der Waals surface area contributed by atoms with Crippen molar-refractivity contribution in [3.8, 4) is 11.1 Å². The van der Waals surface area contributed by atoms with E-state index in [0.717, 1.165) is 49.2 Å². The fourth-order valence-electron chi connectivity index (χ4n) is 4.89. The van der Waals surface area contributed by atoms with E-state index in [-0.39, 0.29) is 10.7 Å². The molecule has 4 rings (SSSR count). The zero-order valence-electron chi connectivity index (χ0n) is 20.6. The van der Waals surface area contributed by atoms with E-state index in [1.807, 2.05) is 24.3 Å². The maximum absolute atomic E-state index is 11.9. The molecule has 186 valence electrons. The molecule has 0 aromatic heterocycles. The molecule has 0 atom stereocenters. The molecule has 0 radical (unpaired) electrons. The van der Waals surface area contributed by atoms with E-state index in [9.17, 15) is 9.90 Å². The topological polar surface area (TPSA) is 100 Å². The first-order valence-corrected chi connectivity index (χ1v) is 13.5. The largest absolute Gasteiger partial charge is 0.478 e. The fourth-order valence-corrected chi connectivity index (χ4v) is 5.68. The number of anilines is 2. The quantitative estimate of drug-likeness (QED) is 0.229. The van der Waals surface area contributed by atoms with Crippen molar-refractivity contribution in [3.05, 3.63) is 48.0 Å². The van der Waals surface area contributed by atoms with Crippen molar-refractivity contribution in [2.45, 2.75) is 64.8 Å². The Morgan fingerprint density at radius 3 is 2.46 bits per heavy atom. The van der Waals surface area contributed by atoms with E-state index in [4.69, 9.17) is 10.8 Å². The highest BCUT2D eigenvalue weighted by molar-refractivity contribution is 8.26. The number of hydrogen-bond donors (Lipinski definition) is 4. The van der Waals surface area contributed by atoms with Gasteiger partial charge in [-0.1, -0.05) is 57.4 Å². The van der Waals surface area contributed by atoms with Gasteiger partial charge in [-0.15, -0.1) is 0 Å². The summed E-state index contributed by atoms with van der Waals surface area (Å²) >= 11 is 1.19. The highest BCUT2D eigenvalue weighted by atomic mass is 32.2. The van der Waals surface area contributed by atoms with Gasteiger partial charge in [0.2, 0.25) is 0 Å². The molecule has 0 aliphatic heterocycles. The Kier molecular flexibility index (Phi) is 8.16. The Labute approximate surface area is 212 Å². The normalized spacial score (nSPS) is 16.2. The van der Waals surface area contributed by atoms with Gasteiger partial charge in [-0.3, -0.25) is 10.8 Å². The molecule has 2 saturated carbocycles. The van der Waals surface area contributed by atoms with Crippen molar-refractivity contribution in [1.82, 2.24) is 0 Å². The minimum absolute atomic E-state index is 0.236. The van der Waals surface area contributed by atoms with E-state index < -0.39 is 5.97 Å². The molecule has 0 unspecified atom stereocenters. The molecule has 2 aromatic rings. The maximum Gasteiger partial charge on any atom is 0.336 e. The number of thioether (sulfide) groups is 1. The van der Waals surface area contributed by atoms with Crippen LogP contribution in [0.1, 0.15) is 69.2 Å². The van der Waals surface area contributed by atoms with Crippen LogP contribution >= 0.6 is 11.8 Å². The summed E-state index contributed by atoms with van der Waals surface area (Å²) in [7, 11) is 0. The Morgan fingerprint density at radius 2 is 1.80 bits per heavy atom. The minimum atomic E-state index is -0.955. The van der Waals surface area contributed by atoms with Crippen LogP contribution in [-0.4, -0.2) is 33.9 Å². The van der Waals surface area contributed by atoms with Crippen molar-refractivity contribution >= 4 is 39.3 Å². The lowest BCUT2D eigenvalue weighted by molar-refractivity contribution is 0.0697. The number of aromatic carboxylic acids is 1. The second-order valence-electron chi connectivity index (χ2n) is 10.1. The molecular formula is C28H36N4O2S. The molecule has 0 amide bonds. The first kappa shape index (κ1) is 25.3. The van der Waals surface area contributed by atoms with Gasteiger partial charge in [-0.25, -0.2) is 4.79 Å². The van der Waals surface area contributed by atoms with Gasteiger partial charge in [0.15, 0.2) is 5.17 Å². The molecule has 0 spiro atoms. The molecule has 35 heavy (non-hydrogen) atoms. The van der Waals surface area contributed by atoms with Crippen LogP contribution in [0.4, 0.5) is 11.4 Å². The van der Waals surface area contributed by atoms with E-state index >= 15 is 0 Å². The smallest absolute Gasteiger partial charge is 0.336 e. The Balaban J connectivity index is 1.73. The SMILES string of the molecule is CC(C)CN(c1ccc(-c2ccccc2C(=O)O)cc1NC(=N)SC(=N)C1CC1)C1CCCCC1. The van der Waals surface area contributed by atoms with Crippen molar-refractivity contribution in [2.24, 2.45) is 11.8 Å². The van der Waals surface area contributed by atoms with Gasteiger partial charge in [0, 0.05) is 18.5 Å². The average molecular weight is 493 g/mol. The van der Waals surface area contributed by atoms with E-state index in [1.165, 1.54) is 31.0 Å². The summed E-state index contributed by atoms with van der Waals surface area (Å²) in [6.07, 6.45) is 8.15. The van der Waals surface area contributed by atoms with Crippen LogP contribution < -0.4 is 10.2 Å². The molecule has 2 fully saturated rings. The van der Waals surface area contributed by atoms with Crippen LogP contribution in [0.3, 0.4) is 0 Å². The second-order valence-corrected chi connectivity index (χ2v) is 11.2. The summed E-state index contributed by atoms with van der Waals surface area (Å²) in [5.74, 6) is -0.173. The molecule has 7 heteroatoms. The lowest BCUT2D eigenvalue weighted by atomic mass is 9.92. The second kappa shape index (κ2) is 11.3. The predicted molar refractivity (Wildman–Crippen MR) is 147 cm³/mol. The van der Waals surface area contributed by atoms with E-state index in [1.54, 1.807) is 12.1 Å². The van der Waals surface area contributed by atoms with Crippen molar-refractivity contribution in [3.63, 3.8) is 0 Å². The Bertz CT molecular complexity index is 1090. The van der Waals surface area contributed by atoms with Gasteiger partial charge in [0.1, 0.15) is 0 Å². The summed E-state index contributed by atoms with van der Waals surface area (Å²) in [4.78, 5) is 14.4. The number of hydrogen-bond acceptors (Lipinski definition) is 5. The number of amidine groups is 1. The van der Waals surface area contributed by atoms with E-state index in [2.05, 4.69) is 30.1 Å². The predicted octanol–water partition coefficient (Wildman–Crippen LogP) is 7.31. The zero-order valence-corrected chi connectivity index (χ0v) is 21.5. The van der Waals surface area contributed by atoms with Crippen LogP contribution in [0.15, 0.2) is 42.5 Å². The van der Waals surface area contributed by atoms with Crippen LogP contribution in [0.2, 0.25) is 0 Å². The highest BCUT2D eigenvalue weighted by Crippen LogP contribution is 2.38. The molecule has 4 N–H and O–H groups in total. The standard InChI is InChI=1S/C28H36N4O2S/c1-18(2)17-32(21-8-4-3-5-9-21)25-15-14-20(22-10-6-7-11-23(22)27(33)34)16-24(25)31-28(30)35-26(29)19-12-13-19/h6-7,10-11,14-16,18-19,21,29H,3-5,8-9,12-13,17H2,1-2H3,(H2,30,31)(H,33,34). The number of rotatable bonds is 8. The van der Waals surface area contributed by atoms with Gasteiger partial charge >= 0.3 is 5.97 Å². The third kappa shape index (κ3) is 6.45. The van der Waals surface area contributed by atoms with Crippen LogP contribution in [0.5, 0.6) is 0 Å². The third-order valence-electron chi connectivity index (χ3n) is 6.76. The molecule has 0 bridgehead atoms. The van der Waals surface area contributed by atoms with Crippen molar-refractivity contribution in [1.29, 1.82) is 10.8 Å². The Morgan fingerprint density at radius 1 is 1.09 bits per heavy atom. The van der Waals surface area contributed by atoms with Gasteiger partial charge in [0.25, 0.3) is 0 Å². The number of nitrogens with one attached hydrogen (secondary N) is 3. The van der Waals surface area contributed by atoms with Crippen molar-refractivity contribution in [2.75, 3.05) is 16.8 Å². The first-order valence-electron chi connectivity index (χ1n) is 12.7. The van der Waals surface area contributed by atoms with Gasteiger partial charge in [0.05, 0.1) is 22.0 Å². The molecular weight excluding hydrogens is 456 g/mol. The average Bonchev–Trinajstić information content (AvgIpc) is 3.69. The Hall–Kier alpha value is -2.80. The monoisotopic (exact) mass is 492 g/mol. The maximum atomic E-state index is 11.9. The van der Waals surface area contributed by atoms with Gasteiger partial charge in [-0.05, 0) is 72.7 Å². The van der Waals surface area contributed by atoms with Gasteiger partial charge in [-0.2, -0.15) is 0 Å². The number of carbonyl (C=O) groups is 1. The van der Waals surface area contributed by atoms with E-state index in [0.29, 0.717) is 28.5 Å². The zero-order chi connectivity index (χ0) is 24.9. The lowest BCUT2D eigenvalue weighted by Crippen LogP contribution is -2.39. The number of carboxylic acid groups (broad SMARTS) is 1. The summed E-state index contributed by atoms with van der Waals surface area (Å²) in [6, 6.07) is 13.6. The van der Waals surface area contributed by atoms with Crippen LogP contribution in [-0.2, 0) is 0 Å². The molecule has 2 aromatic carbocycles. The summed E-state index contributed by atoms with van der Waals surface area (Å²) in [6.45, 7) is 5.38. The molecule has 2 aliphatic carbocycles. The fraction of sp³-hybridized carbons (Fsp3) is 0.464. The van der Waals surface area contributed by atoms with Crippen molar-refractivity contribution < 1.29 is 9.90 Å². The first-order chi connectivity index (χ1) is 16.8. The highest BCUT2D eigenvalue weighted by Gasteiger charge is 2.29. The van der Waals surface area contributed by atoms with Gasteiger partial charge < -0.3 is 15.3 Å². The molecule has 2 aliphatic rings. The lowest BCUT2D eigenvalue weighted by Gasteiger charge is -2.38. The molecule has 0 heterocycles. The van der Waals surface area contributed by atoms with Crippen LogP contribution in [0.25, 0.3) is 11.1 Å². The summed E-state index contributed by atoms with van der Waals surface area (Å²) in [5, 5.41) is 30.6. The number of nitrogens with zero attached hydrogens (tertiary/aromatic N) is 1.